The second-order valence-corrected chi connectivity index (χ2v) is 5.20. The summed E-state index contributed by atoms with van der Waals surface area (Å²) >= 11 is 0. The highest BCUT2D eigenvalue weighted by molar-refractivity contribution is 5.76. The van der Waals surface area contributed by atoms with Gasteiger partial charge in [-0.3, -0.25) is 9.69 Å². The van der Waals surface area contributed by atoms with Gasteiger partial charge in [-0.2, -0.15) is 13.2 Å². The third-order valence-corrected chi connectivity index (χ3v) is 3.53. The Morgan fingerprint density at radius 3 is 2.68 bits per heavy atom. The molecule has 1 N–H and O–H groups in total. The summed E-state index contributed by atoms with van der Waals surface area (Å²) in [6, 6.07) is 1.48. The van der Waals surface area contributed by atoms with Gasteiger partial charge in [0.05, 0.1) is 18.8 Å². The van der Waals surface area contributed by atoms with E-state index in [1.54, 1.807) is 0 Å². The number of alkyl halides is 3. The fraction of sp³-hybridized carbons (Fsp3) is 0.500. The zero-order valence-electron chi connectivity index (χ0n) is 11.7. The van der Waals surface area contributed by atoms with Crippen molar-refractivity contribution >= 4 is 5.97 Å². The number of carbonyl (C=O) groups is 1. The molecule has 1 saturated heterocycles. The highest BCUT2D eigenvalue weighted by Crippen LogP contribution is 2.31. The summed E-state index contributed by atoms with van der Waals surface area (Å²) in [6.07, 6.45) is -5.29. The predicted molar refractivity (Wildman–Crippen MR) is 68.2 cm³/mol. The van der Waals surface area contributed by atoms with E-state index in [-0.39, 0.29) is 25.1 Å². The van der Waals surface area contributed by atoms with Gasteiger partial charge in [0.1, 0.15) is 11.9 Å². The largest absolute Gasteiger partial charge is 0.468 e. The summed E-state index contributed by atoms with van der Waals surface area (Å²) < 4.78 is 56.0. The fourth-order valence-electron chi connectivity index (χ4n) is 2.58. The van der Waals surface area contributed by atoms with Crippen LogP contribution in [0.5, 0.6) is 0 Å². The average Bonchev–Trinajstić information content (AvgIpc) is 2.77. The van der Waals surface area contributed by atoms with E-state index >= 15 is 0 Å². The van der Waals surface area contributed by atoms with Gasteiger partial charge >= 0.3 is 12.1 Å². The lowest BCUT2D eigenvalue weighted by Crippen LogP contribution is -2.36. The quantitative estimate of drug-likeness (QED) is 0.683. The first-order valence-electron chi connectivity index (χ1n) is 6.57. The molecule has 0 bridgehead atoms. The van der Waals surface area contributed by atoms with E-state index < -0.39 is 35.7 Å². The minimum atomic E-state index is -4.65. The van der Waals surface area contributed by atoms with Gasteiger partial charge in [-0.15, -0.1) is 0 Å². The first-order valence-corrected chi connectivity index (χ1v) is 6.57. The Hall–Kier alpha value is -1.67. The standard InChI is InChI=1S/C14H15F4NO3/c1-22-13(21)12-5-11(20)7-19(12)6-8-2-9(14(16,17)18)4-10(15)3-8/h2-4,11-12,20H,5-7H2,1H3/t11-,12-/m1/s1. The van der Waals surface area contributed by atoms with Crippen LogP contribution < -0.4 is 0 Å². The molecule has 1 aromatic rings. The normalized spacial score (nSPS) is 22.8. The molecule has 1 fully saturated rings. The lowest BCUT2D eigenvalue weighted by molar-refractivity contribution is -0.146. The summed E-state index contributed by atoms with van der Waals surface area (Å²) in [7, 11) is 1.19. The number of β-amino-alcohol motifs (C(OH)–C–C–N with tert-alkyl or cyclic N) is 1. The summed E-state index contributed by atoms with van der Waals surface area (Å²) in [4.78, 5) is 13.1. The number of aliphatic hydroxyl groups excluding tert-OH is 1. The van der Waals surface area contributed by atoms with E-state index in [0.29, 0.717) is 6.07 Å². The Morgan fingerprint density at radius 2 is 2.09 bits per heavy atom. The molecular weight excluding hydrogens is 306 g/mol. The molecule has 1 aliphatic rings. The third kappa shape index (κ3) is 3.75. The number of methoxy groups -OCH3 is 1. The van der Waals surface area contributed by atoms with Crippen LogP contribution in [0.2, 0.25) is 0 Å². The van der Waals surface area contributed by atoms with Crippen molar-refractivity contribution in [1.29, 1.82) is 0 Å². The molecule has 22 heavy (non-hydrogen) atoms. The second kappa shape index (κ2) is 6.21. The lowest BCUT2D eigenvalue weighted by Gasteiger charge is -2.22. The number of ether oxygens (including phenoxy) is 1. The first-order chi connectivity index (χ1) is 10.2. The van der Waals surface area contributed by atoms with Crippen molar-refractivity contribution in [1.82, 2.24) is 4.90 Å². The summed E-state index contributed by atoms with van der Waals surface area (Å²) in [5.74, 6) is -1.58. The van der Waals surface area contributed by atoms with Gasteiger partial charge in [-0.05, 0) is 23.8 Å². The Labute approximate surface area is 124 Å². The number of esters is 1. The minimum absolute atomic E-state index is 0.0790. The van der Waals surface area contributed by atoms with Crippen molar-refractivity contribution < 1.29 is 32.2 Å². The van der Waals surface area contributed by atoms with Gasteiger partial charge in [0.15, 0.2) is 0 Å². The number of aliphatic hydroxyl groups is 1. The van der Waals surface area contributed by atoms with E-state index in [0.717, 1.165) is 12.1 Å². The van der Waals surface area contributed by atoms with Gasteiger partial charge in [0, 0.05) is 19.5 Å². The van der Waals surface area contributed by atoms with Crippen molar-refractivity contribution in [2.24, 2.45) is 0 Å². The molecule has 4 nitrogen and oxygen atoms in total. The van der Waals surface area contributed by atoms with Crippen molar-refractivity contribution in [3.8, 4) is 0 Å². The van der Waals surface area contributed by atoms with Gasteiger partial charge in [0.25, 0.3) is 0 Å². The van der Waals surface area contributed by atoms with E-state index in [2.05, 4.69) is 4.74 Å². The third-order valence-electron chi connectivity index (χ3n) is 3.53. The van der Waals surface area contributed by atoms with Crippen LogP contribution in [0.4, 0.5) is 17.6 Å². The molecule has 122 valence electrons. The first kappa shape index (κ1) is 16.7. The van der Waals surface area contributed by atoms with E-state index in [1.807, 2.05) is 0 Å². The van der Waals surface area contributed by atoms with E-state index in [9.17, 15) is 27.5 Å². The number of hydrogen-bond acceptors (Lipinski definition) is 4. The Bertz CT molecular complexity index is 562. The van der Waals surface area contributed by atoms with Crippen LogP contribution in [0.25, 0.3) is 0 Å². The van der Waals surface area contributed by atoms with Crippen molar-refractivity contribution in [3.63, 3.8) is 0 Å². The van der Waals surface area contributed by atoms with Crippen LogP contribution in [0.1, 0.15) is 17.5 Å². The molecule has 2 rings (SSSR count). The molecule has 0 spiro atoms. The predicted octanol–water partition coefficient (Wildman–Crippen LogP) is 1.95. The maximum atomic E-state index is 13.4. The molecular formula is C14H15F4NO3. The number of likely N-dealkylation sites (tertiary alicyclic amines) is 1. The zero-order valence-corrected chi connectivity index (χ0v) is 11.7. The molecule has 1 heterocycles. The smallest absolute Gasteiger partial charge is 0.416 e. The fourth-order valence-corrected chi connectivity index (χ4v) is 2.58. The molecule has 1 aromatic carbocycles. The number of nitrogens with zero attached hydrogens (tertiary/aromatic N) is 1. The van der Waals surface area contributed by atoms with Crippen LogP contribution in [-0.2, 0) is 22.3 Å². The second-order valence-electron chi connectivity index (χ2n) is 5.20. The van der Waals surface area contributed by atoms with Gasteiger partial charge in [-0.25, -0.2) is 4.39 Å². The summed E-state index contributed by atoms with van der Waals surface area (Å²) in [5, 5.41) is 9.63. The molecule has 0 aromatic heterocycles. The molecule has 0 unspecified atom stereocenters. The average molecular weight is 321 g/mol. The highest BCUT2D eigenvalue weighted by Gasteiger charge is 2.37. The topological polar surface area (TPSA) is 49.8 Å². The highest BCUT2D eigenvalue weighted by atomic mass is 19.4. The molecule has 0 aliphatic carbocycles. The maximum absolute atomic E-state index is 13.4. The van der Waals surface area contributed by atoms with Crippen LogP contribution in [0.15, 0.2) is 18.2 Å². The molecule has 0 saturated carbocycles. The monoisotopic (exact) mass is 321 g/mol. The number of halogens is 4. The van der Waals surface area contributed by atoms with E-state index in [4.69, 9.17) is 0 Å². The summed E-state index contributed by atoms with van der Waals surface area (Å²) in [5.41, 5.74) is -1.01. The summed E-state index contributed by atoms with van der Waals surface area (Å²) in [6.45, 7) is 0.0231. The number of hydrogen-bond donors (Lipinski definition) is 1. The maximum Gasteiger partial charge on any atom is 0.416 e. The Kier molecular flexibility index (Phi) is 4.72. The molecule has 1 aliphatic heterocycles. The minimum Gasteiger partial charge on any atom is -0.468 e. The lowest BCUT2D eigenvalue weighted by atomic mass is 10.1. The Morgan fingerprint density at radius 1 is 1.41 bits per heavy atom. The van der Waals surface area contributed by atoms with Crippen LogP contribution in [0, 0.1) is 5.82 Å². The number of carbonyl (C=O) groups excluding carboxylic acids is 1. The van der Waals surface area contributed by atoms with Gasteiger partial charge in [-0.1, -0.05) is 0 Å². The zero-order chi connectivity index (χ0) is 16.5. The van der Waals surface area contributed by atoms with Crippen molar-refractivity contribution in [2.45, 2.75) is 31.3 Å². The van der Waals surface area contributed by atoms with Gasteiger partial charge < -0.3 is 9.84 Å². The molecule has 2 atom stereocenters. The molecule has 8 heteroatoms. The van der Waals surface area contributed by atoms with Crippen molar-refractivity contribution in [2.75, 3.05) is 13.7 Å². The SMILES string of the molecule is COC(=O)[C@H]1C[C@@H](O)CN1Cc1cc(F)cc(C(F)(F)F)c1. The molecule has 0 amide bonds. The van der Waals surface area contributed by atoms with Crippen LogP contribution >= 0.6 is 0 Å². The number of rotatable bonds is 3. The van der Waals surface area contributed by atoms with Crippen molar-refractivity contribution in [3.05, 3.63) is 35.1 Å². The molecule has 0 radical (unpaired) electrons. The van der Waals surface area contributed by atoms with Crippen LogP contribution in [-0.4, -0.2) is 41.8 Å². The van der Waals surface area contributed by atoms with Gasteiger partial charge in [0.2, 0.25) is 0 Å². The Balaban J connectivity index is 2.22. The van der Waals surface area contributed by atoms with Crippen LogP contribution in [0.3, 0.4) is 0 Å². The number of benzene rings is 1. The van der Waals surface area contributed by atoms with E-state index in [1.165, 1.54) is 12.0 Å².